The molecule has 1 saturated carbocycles. The average Bonchev–Trinajstić information content (AvgIpc) is 3.07. The van der Waals surface area contributed by atoms with Crippen LogP contribution >= 0.6 is 0 Å². The van der Waals surface area contributed by atoms with Crippen molar-refractivity contribution in [3.8, 4) is 0 Å². The van der Waals surface area contributed by atoms with Crippen molar-refractivity contribution >= 4 is 0 Å². The fourth-order valence-corrected chi connectivity index (χ4v) is 2.70. The van der Waals surface area contributed by atoms with E-state index in [1.165, 1.54) is 51.0 Å². The third kappa shape index (κ3) is 2.29. The quantitative estimate of drug-likeness (QED) is 0.841. The van der Waals surface area contributed by atoms with Crippen molar-refractivity contribution in [2.75, 3.05) is 13.1 Å². The highest BCUT2D eigenvalue weighted by atomic mass is 15.1. The second-order valence-corrected chi connectivity index (χ2v) is 5.25. The van der Waals surface area contributed by atoms with Crippen LogP contribution in [0.15, 0.2) is 12.4 Å². The molecule has 0 spiro atoms. The second-order valence-electron chi connectivity index (χ2n) is 5.25. The molecule has 1 aromatic rings. The topological polar surface area (TPSA) is 29.9 Å². The summed E-state index contributed by atoms with van der Waals surface area (Å²) < 4.78 is 2.38. The summed E-state index contributed by atoms with van der Waals surface area (Å²) in [6.45, 7) is 3.60. The van der Waals surface area contributed by atoms with Crippen LogP contribution in [0.2, 0.25) is 0 Å². The van der Waals surface area contributed by atoms with E-state index in [9.17, 15) is 0 Å². The molecule has 0 aromatic carbocycles. The van der Waals surface area contributed by atoms with Crippen molar-refractivity contribution in [1.29, 1.82) is 0 Å². The lowest BCUT2D eigenvalue weighted by atomic mass is 9.96. The third-order valence-electron chi connectivity index (χ3n) is 3.87. The Kier molecular flexibility index (Phi) is 2.96. The molecule has 16 heavy (non-hydrogen) atoms. The molecule has 2 aliphatic rings. The summed E-state index contributed by atoms with van der Waals surface area (Å²) in [5, 5.41) is 3.49. The van der Waals surface area contributed by atoms with Gasteiger partial charge in [-0.2, -0.15) is 0 Å². The smallest absolute Gasteiger partial charge is 0.111 e. The third-order valence-corrected chi connectivity index (χ3v) is 3.87. The number of rotatable bonds is 4. The van der Waals surface area contributed by atoms with E-state index in [1.807, 2.05) is 6.20 Å². The number of aromatic nitrogens is 2. The van der Waals surface area contributed by atoms with Crippen molar-refractivity contribution in [2.45, 2.75) is 44.6 Å². The summed E-state index contributed by atoms with van der Waals surface area (Å²) in [6, 6.07) is 0. The van der Waals surface area contributed by atoms with Gasteiger partial charge < -0.3 is 9.88 Å². The number of piperidine rings is 1. The fraction of sp³-hybridized carbons (Fsp3) is 0.769. The molecule has 3 nitrogen and oxygen atoms in total. The van der Waals surface area contributed by atoms with Crippen LogP contribution < -0.4 is 5.32 Å². The molecule has 88 valence electrons. The molecular formula is C13H21N3. The number of hydrogen-bond acceptors (Lipinski definition) is 2. The van der Waals surface area contributed by atoms with Crippen LogP contribution in [-0.4, -0.2) is 22.6 Å². The van der Waals surface area contributed by atoms with Gasteiger partial charge in [0.1, 0.15) is 5.82 Å². The monoisotopic (exact) mass is 219 g/mol. The molecule has 3 rings (SSSR count). The van der Waals surface area contributed by atoms with Crippen molar-refractivity contribution in [1.82, 2.24) is 14.9 Å². The van der Waals surface area contributed by atoms with Gasteiger partial charge in [-0.05, 0) is 51.1 Å². The van der Waals surface area contributed by atoms with Gasteiger partial charge in [0.25, 0.3) is 0 Å². The predicted octanol–water partition coefficient (Wildman–Crippen LogP) is 2.15. The molecule has 1 aliphatic heterocycles. The van der Waals surface area contributed by atoms with Gasteiger partial charge in [-0.25, -0.2) is 4.98 Å². The molecule has 1 N–H and O–H groups in total. The molecule has 1 aromatic heterocycles. The van der Waals surface area contributed by atoms with Crippen LogP contribution in [0.5, 0.6) is 0 Å². The molecule has 1 atom stereocenters. The van der Waals surface area contributed by atoms with Gasteiger partial charge in [0.15, 0.2) is 0 Å². The van der Waals surface area contributed by atoms with E-state index in [4.69, 9.17) is 0 Å². The molecule has 1 unspecified atom stereocenters. The molecule has 0 radical (unpaired) electrons. The Morgan fingerprint density at radius 3 is 3.06 bits per heavy atom. The summed E-state index contributed by atoms with van der Waals surface area (Å²) >= 11 is 0. The Morgan fingerprint density at radius 2 is 2.31 bits per heavy atom. The molecular weight excluding hydrogens is 198 g/mol. The normalized spacial score (nSPS) is 25.9. The highest BCUT2D eigenvalue weighted by Gasteiger charge is 2.27. The first-order chi connectivity index (χ1) is 7.93. The Bertz CT molecular complexity index is 335. The lowest BCUT2D eigenvalue weighted by Crippen LogP contribution is -2.30. The van der Waals surface area contributed by atoms with Crippen molar-refractivity contribution < 1.29 is 0 Å². The summed E-state index contributed by atoms with van der Waals surface area (Å²) in [4.78, 5) is 4.49. The van der Waals surface area contributed by atoms with Crippen molar-refractivity contribution in [3.63, 3.8) is 0 Å². The predicted molar refractivity (Wildman–Crippen MR) is 64.4 cm³/mol. The van der Waals surface area contributed by atoms with Gasteiger partial charge in [0.05, 0.1) is 0 Å². The standard InChI is InChI=1S/C13H21N3/c1-2-11(10-14-6-1)5-8-16-9-7-15-13(16)12-3-4-12/h7,9,11-12,14H,1-6,8,10H2. The lowest BCUT2D eigenvalue weighted by Gasteiger charge is -2.23. The van der Waals surface area contributed by atoms with E-state index in [2.05, 4.69) is 21.1 Å². The zero-order chi connectivity index (χ0) is 10.8. The van der Waals surface area contributed by atoms with Gasteiger partial charge >= 0.3 is 0 Å². The van der Waals surface area contributed by atoms with Crippen LogP contribution in [0.3, 0.4) is 0 Å². The van der Waals surface area contributed by atoms with E-state index in [0.717, 1.165) is 18.4 Å². The van der Waals surface area contributed by atoms with Crippen LogP contribution in [0, 0.1) is 5.92 Å². The van der Waals surface area contributed by atoms with Gasteiger partial charge in [0, 0.05) is 24.9 Å². The molecule has 2 fully saturated rings. The first-order valence-electron chi connectivity index (χ1n) is 6.65. The van der Waals surface area contributed by atoms with E-state index < -0.39 is 0 Å². The number of aryl methyl sites for hydroxylation is 1. The van der Waals surface area contributed by atoms with Crippen molar-refractivity contribution in [3.05, 3.63) is 18.2 Å². The first-order valence-corrected chi connectivity index (χ1v) is 6.65. The van der Waals surface area contributed by atoms with Gasteiger partial charge in [-0.15, -0.1) is 0 Å². The summed E-state index contributed by atoms with van der Waals surface area (Å²) in [7, 11) is 0. The summed E-state index contributed by atoms with van der Waals surface area (Å²) in [6.07, 6.45) is 10.9. The summed E-state index contributed by atoms with van der Waals surface area (Å²) in [5.74, 6) is 2.99. The minimum absolute atomic E-state index is 0.777. The van der Waals surface area contributed by atoms with Crippen LogP contribution in [0.25, 0.3) is 0 Å². The fourth-order valence-electron chi connectivity index (χ4n) is 2.70. The lowest BCUT2D eigenvalue weighted by molar-refractivity contribution is 0.340. The number of hydrogen-bond donors (Lipinski definition) is 1. The van der Waals surface area contributed by atoms with Crippen LogP contribution in [0.1, 0.15) is 43.8 Å². The maximum atomic E-state index is 4.49. The molecule has 1 saturated heterocycles. The van der Waals surface area contributed by atoms with E-state index in [1.54, 1.807) is 0 Å². The SMILES string of the molecule is c1cn(CCC2CCCNC2)c(C2CC2)n1. The van der Waals surface area contributed by atoms with Crippen LogP contribution in [0.4, 0.5) is 0 Å². The van der Waals surface area contributed by atoms with Gasteiger partial charge in [-0.1, -0.05) is 0 Å². The Labute approximate surface area is 97.3 Å². The Balaban J connectivity index is 1.54. The second kappa shape index (κ2) is 4.58. The first kappa shape index (κ1) is 10.3. The molecule has 0 bridgehead atoms. The molecule has 3 heteroatoms. The van der Waals surface area contributed by atoms with Crippen molar-refractivity contribution in [2.24, 2.45) is 5.92 Å². The number of nitrogens with zero attached hydrogens (tertiary/aromatic N) is 2. The minimum Gasteiger partial charge on any atom is -0.335 e. The van der Waals surface area contributed by atoms with Gasteiger partial charge in [-0.3, -0.25) is 0 Å². The zero-order valence-electron chi connectivity index (χ0n) is 9.86. The van der Waals surface area contributed by atoms with Gasteiger partial charge in [0.2, 0.25) is 0 Å². The van der Waals surface area contributed by atoms with Crippen LogP contribution in [-0.2, 0) is 6.54 Å². The zero-order valence-corrected chi connectivity index (χ0v) is 9.86. The minimum atomic E-state index is 0.777. The maximum Gasteiger partial charge on any atom is 0.111 e. The van der Waals surface area contributed by atoms with E-state index in [-0.39, 0.29) is 0 Å². The summed E-state index contributed by atoms with van der Waals surface area (Å²) in [5.41, 5.74) is 0. The molecule has 0 amide bonds. The Hall–Kier alpha value is -0.830. The number of nitrogens with one attached hydrogen (secondary N) is 1. The maximum absolute atomic E-state index is 4.49. The average molecular weight is 219 g/mol. The number of imidazole rings is 1. The van der Waals surface area contributed by atoms with E-state index >= 15 is 0 Å². The largest absolute Gasteiger partial charge is 0.335 e. The molecule has 1 aliphatic carbocycles. The highest BCUT2D eigenvalue weighted by Crippen LogP contribution is 2.39. The molecule has 2 heterocycles. The van der Waals surface area contributed by atoms with E-state index in [0.29, 0.717) is 0 Å². The highest BCUT2D eigenvalue weighted by molar-refractivity contribution is 5.07. The Morgan fingerprint density at radius 1 is 1.38 bits per heavy atom.